The first-order valence-corrected chi connectivity index (χ1v) is 27.9. The average molecular weight is 1100 g/mol. The number of fused-ring (bicyclic) bond motifs is 2. The zero-order chi connectivity index (χ0) is 55.9. The fraction of sp³-hybridized carbons (Fsp3) is 0.345. The summed E-state index contributed by atoms with van der Waals surface area (Å²) >= 11 is 0. The lowest BCUT2D eigenvalue weighted by molar-refractivity contribution is -0.401. The summed E-state index contributed by atoms with van der Waals surface area (Å²) in [5.74, 6) is -3.95. The summed E-state index contributed by atoms with van der Waals surface area (Å²) in [6.45, 7) is 8.25. The highest BCUT2D eigenvalue weighted by Gasteiger charge is 2.44. The zero-order valence-corrected chi connectivity index (χ0v) is 45.0. The summed E-state index contributed by atoms with van der Waals surface area (Å²) in [5.41, 5.74) is 10.4. The third-order valence-electron chi connectivity index (χ3n) is 13.8. The Bertz CT molecular complexity index is 3410. The molecule has 7 rings (SSSR count). The van der Waals surface area contributed by atoms with Crippen LogP contribution in [0.1, 0.15) is 99.8 Å². The molecule has 2 aliphatic heterocycles. The SMILES string of the molecule is C[N+]1=C(/C=C/C=C/C=C2\N(CCCCCC(=O)NCc3cn(-c4cccc(C(=O)N[C@@H](CCCCN)C(=O)COc5c(F)cccc5F)c4)nn3)c3ccc(S(=O)(=O)O)cc3C2(C)C)C(C)(C)c2cc(S(=O)(=O)O)ccc21. The first-order valence-electron chi connectivity index (χ1n) is 25.0. The molecular formula is C55H63F2N8O10S2+. The third-order valence-corrected chi connectivity index (χ3v) is 15.5. The van der Waals surface area contributed by atoms with Gasteiger partial charge in [0, 0.05) is 53.0 Å². The summed E-state index contributed by atoms with van der Waals surface area (Å²) in [5, 5.41) is 13.9. The Morgan fingerprint density at radius 2 is 1.52 bits per heavy atom. The number of aromatic nitrogens is 3. The van der Waals surface area contributed by atoms with Gasteiger partial charge in [-0.1, -0.05) is 55.8 Å². The summed E-state index contributed by atoms with van der Waals surface area (Å²) in [6, 6.07) is 17.7. The number of nitrogens with one attached hydrogen (secondary N) is 2. The van der Waals surface area contributed by atoms with Crippen LogP contribution in [0.5, 0.6) is 5.75 Å². The van der Waals surface area contributed by atoms with Crippen molar-refractivity contribution in [2.24, 2.45) is 5.73 Å². The molecule has 5 aromatic rings. The maximum atomic E-state index is 14.1. The topological polar surface area (TPSA) is 256 Å². The number of unbranched alkanes of at least 4 members (excludes halogenated alkanes) is 3. The van der Waals surface area contributed by atoms with E-state index < -0.39 is 72.8 Å². The largest absolute Gasteiger partial charge is 0.480 e. The van der Waals surface area contributed by atoms with Crippen LogP contribution in [0.25, 0.3) is 5.69 Å². The molecular weight excluding hydrogens is 1030 g/mol. The van der Waals surface area contributed by atoms with E-state index in [-0.39, 0.29) is 40.6 Å². The van der Waals surface area contributed by atoms with Crippen LogP contribution in [0.2, 0.25) is 0 Å². The number of allylic oxidation sites excluding steroid dienone is 6. The van der Waals surface area contributed by atoms with Crippen LogP contribution in [-0.4, -0.2) is 102 Å². The number of amides is 2. The molecule has 0 saturated heterocycles. The van der Waals surface area contributed by atoms with Crippen molar-refractivity contribution in [3.05, 3.63) is 155 Å². The molecule has 0 saturated carbocycles. The number of carbonyl (C=O) groups excluding carboxylic acids is 3. The van der Waals surface area contributed by atoms with E-state index in [0.29, 0.717) is 56.6 Å². The van der Waals surface area contributed by atoms with Crippen molar-refractivity contribution in [1.29, 1.82) is 0 Å². The van der Waals surface area contributed by atoms with Gasteiger partial charge in [-0.25, -0.2) is 13.5 Å². The number of halogens is 2. The van der Waals surface area contributed by atoms with Crippen LogP contribution >= 0.6 is 0 Å². The van der Waals surface area contributed by atoms with Crippen LogP contribution in [0.15, 0.2) is 131 Å². The highest BCUT2D eigenvalue weighted by atomic mass is 32.2. The van der Waals surface area contributed by atoms with Crippen LogP contribution in [0.3, 0.4) is 0 Å². The lowest BCUT2D eigenvalue weighted by atomic mass is 9.81. The van der Waals surface area contributed by atoms with E-state index in [1.807, 2.05) is 69.7 Å². The molecule has 408 valence electrons. The van der Waals surface area contributed by atoms with Gasteiger partial charge < -0.3 is 26.0 Å². The van der Waals surface area contributed by atoms with Gasteiger partial charge in [0.15, 0.2) is 28.9 Å². The summed E-state index contributed by atoms with van der Waals surface area (Å²) in [6.07, 6.45) is 14.6. The highest BCUT2D eigenvalue weighted by molar-refractivity contribution is 7.86. The van der Waals surface area contributed by atoms with E-state index >= 15 is 0 Å². The molecule has 18 nitrogen and oxygen atoms in total. The van der Waals surface area contributed by atoms with Gasteiger partial charge >= 0.3 is 0 Å². The molecule has 3 heterocycles. The van der Waals surface area contributed by atoms with Crippen molar-refractivity contribution in [2.75, 3.05) is 31.6 Å². The number of ether oxygens (including phenoxy) is 1. The van der Waals surface area contributed by atoms with E-state index in [2.05, 4.69) is 25.8 Å². The Morgan fingerprint density at radius 3 is 2.22 bits per heavy atom. The standard InChI is InChI=1S/C55H62F2N8O10S2/c1-54(2)41-31-39(76(69,70)71)24-26-46(41)63(5)49(54)21-8-6-9-22-50-55(3,4)42-32-40(77(72,73)74)25-27-47(42)64(50)29-13-7-10-23-51(67)59-33-37-34-65(62-61-37)38-17-14-16-36(30-38)53(68)60-45(20-11-12-28-58)48(66)35-75-52-43(56)18-15-19-44(52)57/h6,8-9,14-19,21-22,24-27,30-32,34,45H,7,10-13,20,23,28-29,33,35,58H2,1-5H3,(H3-,59,60,67,68,69,70,71,72,73,74)/p+1/t45-/m0/s1. The van der Waals surface area contributed by atoms with E-state index in [9.17, 15) is 49.1 Å². The molecule has 0 spiro atoms. The number of para-hydroxylation sites is 1. The molecule has 0 aliphatic carbocycles. The van der Waals surface area contributed by atoms with Gasteiger partial charge in [0.1, 0.15) is 19.3 Å². The molecule has 6 N–H and O–H groups in total. The molecule has 22 heteroatoms. The summed E-state index contributed by atoms with van der Waals surface area (Å²) < 4.78 is 105. The van der Waals surface area contributed by atoms with Crippen LogP contribution in [0.4, 0.5) is 20.2 Å². The van der Waals surface area contributed by atoms with Gasteiger partial charge in [-0.2, -0.15) is 21.4 Å². The lowest BCUT2D eigenvalue weighted by Gasteiger charge is -2.27. The monoisotopic (exact) mass is 1100 g/mol. The van der Waals surface area contributed by atoms with Gasteiger partial charge in [-0.3, -0.25) is 23.5 Å². The zero-order valence-electron chi connectivity index (χ0n) is 43.4. The van der Waals surface area contributed by atoms with Gasteiger partial charge in [-0.05, 0) is 125 Å². The third kappa shape index (κ3) is 13.5. The minimum atomic E-state index is -4.47. The molecule has 1 aromatic heterocycles. The van der Waals surface area contributed by atoms with Gasteiger partial charge in [0.25, 0.3) is 26.1 Å². The van der Waals surface area contributed by atoms with E-state index in [4.69, 9.17) is 10.5 Å². The minimum Gasteiger partial charge on any atom is -0.480 e. The van der Waals surface area contributed by atoms with Crippen LogP contribution < -0.4 is 26.0 Å². The molecule has 0 radical (unpaired) electrons. The number of benzene rings is 4. The Balaban J connectivity index is 0.929. The number of nitrogens with zero attached hydrogens (tertiary/aromatic N) is 5. The molecule has 0 bridgehead atoms. The van der Waals surface area contributed by atoms with Gasteiger partial charge in [0.05, 0.1) is 39.7 Å². The average Bonchev–Trinajstić information content (AvgIpc) is 4.00. The number of anilines is 1. The Hall–Kier alpha value is -7.24. The molecule has 2 amide bonds. The molecule has 77 heavy (non-hydrogen) atoms. The number of hydrogen-bond acceptors (Lipinski definition) is 12. The predicted octanol–water partition coefficient (Wildman–Crippen LogP) is 7.59. The first-order chi connectivity index (χ1) is 36.4. The predicted molar refractivity (Wildman–Crippen MR) is 286 cm³/mol. The quantitative estimate of drug-likeness (QED) is 0.0173. The summed E-state index contributed by atoms with van der Waals surface area (Å²) in [4.78, 5) is 41.3. The molecule has 2 aliphatic rings. The number of Topliss-reactive ketones (excluding diaryl/α,β-unsaturated/α-hetero) is 1. The van der Waals surface area contributed by atoms with Crippen molar-refractivity contribution in [3.63, 3.8) is 0 Å². The van der Waals surface area contributed by atoms with Crippen LogP contribution in [0, 0.1) is 11.6 Å². The highest BCUT2D eigenvalue weighted by Crippen LogP contribution is 2.49. The van der Waals surface area contributed by atoms with Crippen molar-refractivity contribution in [1.82, 2.24) is 25.6 Å². The Morgan fingerprint density at radius 1 is 0.831 bits per heavy atom. The lowest BCUT2D eigenvalue weighted by Crippen LogP contribution is -2.43. The fourth-order valence-electron chi connectivity index (χ4n) is 9.61. The Kier molecular flexibility index (Phi) is 17.9. The minimum absolute atomic E-state index is 0.0891. The van der Waals surface area contributed by atoms with E-state index in [0.717, 1.165) is 46.0 Å². The number of ketones is 1. The Labute approximate surface area is 446 Å². The van der Waals surface area contributed by atoms with E-state index in [1.165, 1.54) is 35.0 Å². The second kappa shape index (κ2) is 24.0. The van der Waals surface area contributed by atoms with Crippen molar-refractivity contribution < 1.29 is 58.4 Å². The number of nitrogens with two attached hydrogens (primary N) is 1. The van der Waals surface area contributed by atoms with Crippen molar-refractivity contribution >= 4 is 54.9 Å². The van der Waals surface area contributed by atoms with Crippen molar-refractivity contribution in [3.8, 4) is 11.4 Å². The molecule has 0 fully saturated rings. The number of rotatable bonds is 24. The second-order valence-electron chi connectivity index (χ2n) is 19.9. The van der Waals surface area contributed by atoms with E-state index in [1.54, 1.807) is 42.6 Å². The molecule has 0 unspecified atom stereocenters. The van der Waals surface area contributed by atoms with Crippen molar-refractivity contribution in [2.45, 2.75) is 106 Å². The normalized spacial score (nSPS) is 15.8. The van der Waals surface area contributed by atoms with Gasteiger partial charge in [0.2, 0.25) is 11.6 Å². The maximum absolute atomic E-state index is 14.1. The number of carbonyl (C=O) groups is 3. The number of hydrogen-bond donors (Lipinski definition) is 5. The second-order valence-corrected chi connectivity index (χ2v) is 22.7. The summed E-state index contributed by atoms with van der Waals surface area (Å²) in [7, 11) is -6.97. The van der Waals surface area contributed by atoms with Gasteiger partial charge in [-0.15, -0.1) is 5.10 Å². The first kappa shape index (κ1) is 57.5. The maximum Gasteiger partial charge on any atom is 0.294 e. The molecule has 1 atom stereocenters. The fourth-order valence-corrected chi connectivity index (χ4v) is 10.6. The molecule has 4 aromatic carbocycles. The van der Waals surface area contributed by atoms with Crippen LogP contribution in [-0.2, 0) is 47.2 Å². The smallest absolute Gasteiger partial charge is 0.294 e.